The summed E-state index contributed by atoms with van der Waals surface area (Å²) in [6.45, 7) is 3.50. The molecule has 1 atom stereocenters. The number of aromatic nitrogens is 7. The van der Waals surface area contributed by atoms with Crippen LogP contribution in [0.2, 0.25) is 0 Å². The Kier molecular flexibility index (Phi) is 6.96. The van der Waals surface area contributed by atoms with Gasteiger partial charge in [0.25, 0.3) is 17.7 Å². The molecular formula is C28H31F2N9O2. The number of nitrogens with one attached hydrogen (secondary N) is 2. The number of amides is 2. The molecule has 11 nitrogen and oxygen atoms in total. The summed E-state index contributed by atoms with van der Waals surface area (Å²) in [6.07, 6.45) is 10.1. The van der Waals surface area contributed by atoms with Gasteiger partial charge in [0.05, 0.1) is 36.5 Å². The van der Waals surface area contributed by atoms with Crippen LogP contribution in [0.15, 0.2) is 36.9 Å². The van der Waals surface area contributed by atoms with E-state index >= 15 is 0 Å². The number of hydrogen-bond acceptors (Lipinski definition) is 7. The van der Waals surface area contributed by atoms with Crippen LogP contribution in [-0.4, -0.2) is 70.4 Å². The molecule has 2 fully saturated rings. The van der Waals surface area contributed by atoms with E-state index in [1.165, 1.54) is 18.5 Å². The topological polar surface area (TPSA) is 135 Å². The van der Waals surface area contributed by atoms with Crippen molar-refractivity contribution in [2.75, 3.05) is 13.1 Å². The third-order valence-electron chi connectivity index (χ3n) is 8.04. The van der Waals surface area contributed by atoms with Gasteiger partial charge in [0, 0.05) is 25.1 Å². The first-order chi connectivity index (χ1) is 19.7. The van der Waals surface area contributed by atoms with Gasteiger partial charge in [-0.15, -0.1) is 0 Å². The highest BCUT2D eigenvalue weighted by molar-refractivity contribution is 6.00. The summed E-state index contributed by atoms with van der Waals surface area (Å²) in [5.41, 5.74) is 1.95. The van der Waals surface area contributed by atoms with Crippen LogP contribution in [0.4, 0.5) is 8.78 Å². The summed E-state index contributed by atoms with van der Waals surface area (Å²) in [7, 11) is 0. The van der Waals surface area contributed by atoms with E-state index in [2.05, 4.69) is 37.3 Å². The van der Waals surface area contributed by atoms with Gasteiger partial charge in [-0.3, -0.25) is 19.3 Å². The Bertz CT molecular complexity index is 1580. The van der Waals surface area contributed by atoms with Crippen molar-refractivity contribution in [1.82, 2.24) is 44.9 Å². The van der Waals surface area contributed by atoms with E-state index in [-0.39, 0.29) is 29.3 Å². The predicted molar refractivity (Wildman–Crippen MR) is 145 cm³/mol. The average Bonchev–Trinajstić information content (AvgIpc) is 3.61. The number of H-pyrrole nitrogens is 1. The smallest absolute Gasteiger partial charge is 0.282 e. The maximum atomic E-state index is 13.4. The quantitative estimate of drug-likeness (QED) is 0.347. The van der Waals surface area contributed by atoms with Crippen LogP contribution in [0.25, 0.3) is 22.6 Å². The number of likely N-dealkylation sites (tertiary alicyclic amines) is 1. The van der Waals surface area contributed by atoms with Crippen molar-refractivity contribution in [2.24, 2.45) is 11.8 Å². The highest BCUT2D eigenvalue weighted by atomic mass is 19.3. The molecular weight excluding hydrogens is 532 g/mol. The van der Waals surface area contributed by atoms with Gasteiger partial charge in [-0.25, -0.2) is 23.7 Å². The van der Waals surface area contributed by atoms with E-state index in [9.17, 15) is 18.4 Å². The number of alkyl halides is 2. The molecule has 0 radical (unpaired) electrons. The van der Waals surface area contributed by atoms with Crippen LogP contribution >= 0.6 is 0 Å². The molecule has 0 bridgehead atoms. The van der Waals surface area contributed by atoms with Crippen LogP contribution < -0.4 is 5.32 Å². The number of fused-ring (bicyclic) bond motifs is 1. The molecule has 2 aliphatic rings. The molecule has 2 amide bonds. The minimum absolute atomic E-state index is 0.179. The number of pyridine rings is 1. The lowest BCUT2D eigenvalue weighted by Crippen LogP contribution is -2.58. The van der Waals surface area contributed by atoms with Gasteiger partial charge >= 0.3 is 0 Å². The second kappa shape index (κ2) is 10.6. The summed E-state index contributed by atoms with van der Waals surface area (Å²) in [5, 5.41) is 7.42. The molecule has 13 heteroatoms. The number of carbonyl (C=O) groups excluding carboxylic acids is 2. The summed E-state index contributed by atoms with van der Waals surface area (Å²) in [5.74, 6) is -2.03. The number of aryl methyl sites for hydroxylation is 1. The molecule has 6 rings (SSSR count). The summed E-state index contributed by atoms with van der Waals surface area (Å²) < 4.78 is 28.5. The standard InChI is InChI=1S/C28H31F2N9O2/c1-3-39-21(9-11-33-39)26(40)35-22(17-6-4-16(2)5-7-17)25-34-20-13-32-23(36-24(20)37-25)19-12-31-10-8-18(19)27(41)38-14-28(29,30)15-38/h8-13,16-17,22H,3-7,14-15H2,1-2H3,(H,35,40)(H,32,34,36,37). The Morgan fingerprint density at radius 3 is 2.63 bits per heavy atom. The first kappa shape index (κ1) is 26.9. The number of carbonyl (C=O) groups is 2. The fourth-order valence-corrected chi connectivity index (χ4v) is 5.71. The second-order valence-corrected chi connectivity index (χ2v) is 11.0. The Hall–Kier alpha value is -4.29. The molecule has 1 unspecified atom stereocenters. The molecule has 41 heavy (non-hydrogen) atoms. The van der Waals surface area contributed by atoms with E-state index in [4.69, 9.17) is 4.98 Å². The van der Waals surface area contributed by atoms with Crippen molar-refractivity contribution in [2.45, 2.75) is 58.0 Å². The maximum absolute atomic E-state index is 13.4. The fourth-order valence-electron chi connectivity index (χ4n) is 5.71. The molecule has 214 valence electrons. The second-order valence-electron chi connectivity index (χ2n) is 11.0. The number of aromatic amines is 1. The lowest BCUT2D eigenvalue weighted by atomic mass is 9.79. The minimum Gasteiger partial charge on any atom is -0.340 e. The van der Waals surface area contributed by atoms with Crippen molar-refractivity contribution in [3.63, 3.8) is 0 Å². The number of hydrogen-bond donors (Lipinski definition) is 2. The zero-order valence-corrected chi connectivity index (χ0v) is 22.8. The number of imidazole rings is 1. The Balaban J connectivity index is 1.31. The average molecular weight is 564 g/mol. The van der Waals surface area contributed by atoms with E-state index in [0.717, 1.165) is 30.6 Å². The number of nitrogens with zero attached hydrogens (tertiary/aromatic N) is 7. The Morgan fingerprint density at radius 2 is 1.90 bits per heavy atom. The number of rotatable bonds is 7. The first-order valence-corrected chi connectivity index (χ1v) is 13.9. The Morgan fingerprint density at radius 1 is 1.12 bits per heavy atom. The molecule has 1 saturated heterocycles. The third-order valence-corrected chi connectivity index (χ3v) is 8.04. The minimum atomic E-state index is -2.87. The summed E-state index contributed by atoms with van der Waals surface area (Å²) in [6, 6.07) is 2.80. The molecule has 1 saturated carbocycles. The van der Waals surface area contributed by atoms with Crippen LogP contribution in [0.3, 0.4) is 0 Å². The monoisotopic (exact) mass is 563 g/mol. The van der Waals surface area contributed by atoms with Crippen molar-refractivity contribution in [1.29, 1.82) is 0 Å². The van der Waals surface area contributed by atoms with Gasteiger partial charge in [-0.05, 0) is 43.7 Å². The molecule has 4 aromatic heterocycles. The molecule has 1 aliphatic carbocycles. The van der Waals surface area contributed by atoms with Crippen LogP contribution in [0, 0.1) is 11.8 Å². The third kappa shape index (κ3) is 5.27. The van der Waals surface area contributed by atoms with Crippen molar-refractivity contribution in [3.8, 4) is 11.4 Å². The Labute approximate surface area is 234 Å². The largest absolute Gasteiger partial charge is 0.340 e. The molecule has 5 heterocycles. The molecule has 1 aliphatic heterocycles. The van der Waals surface area contributed by atoms with Crippen molar-refractivity contribution >= 4 is 23.0 Å². The van der Waals surface area contributed by atoms with Gasteiger partial charge in [0.15, 0.2) is 11.5 Å². The van der Waals surface area contributed by atoms with Crippen molar-refractivity contribution in [3.05, 3.63) is 54.0 Å². The normalized spacial score (nSPS) is 20.9. The van der Waals surface area contributed by atoms with Gasteiger partial charge in [-0.2, -0.15) is 5.10 Å². The summed E-state index contributed by atoms with van der Waals surface area (Å²) in [4.78, 5) is 48.6. The van der Waals surface area contributed by atoms with E-state index in [0.29, 0.717) is 40.7 Å². The van der Waals surface area contributed by atoms with E-state index in [1.54, 1.807) is 23.1 Å². The highest BCUT2D eigenvalue weighted by Crippen LogP contribution is 2.37. The van der Waals surface area contributed by atoms with Crippen molar-refractivity contribution < 1.29 is 18.4 Å². The van der Waals surface area contributed by atoms with Crippen LogP contribution in [0.1, 0.15) is 72.2 Å². The lowest BCUT2D eigenvalue weighted by molar-refractivity contribution is -0.113. The molecule has 0 spiro atoms. The molecule has 4 aromatic rings. The van der Waals surface area contributed by atoms with Gasteiger partial charge in [0.2, 0.25) is 0 Å². The maximum Gasteiger partial charge on any atom is 0.282 e. The first-order valence-electron chi connectivity index (χ1n) is 13.9. The van der Waals surface area contributed by atoms with Crippen LogP contribution in [0.5, 0.6) is 0 Å². The zero-order valence-electron chi connectivity index (χ0n) is 22.8. The SMILES string of the molecule is CCn1nccc1C(=O)NC(c1nc2nc(-c3cnccc3C(=O)N3CC(F)(F)C3)ncc2[nH]1)C1CCC(C)CC1. The van der Waals surface area contributed by atoms with E-state index in [1.807, 2.05) is 6.92 Å². The van der Waals surface area contributed by atoms with Gasteiger partial charge in [0.1, 0.15) is 17.0 Å². The van der Waals surface area contributed by atoms with E-state index < -0.39 is 24.9 Å². The predicted octanol–water partition coefficient (Wildman–Crippen LogP) is 4.02. The molecule has 0 aromatic carbocycles. The lowest BCUT2D eigenvalue weighted by Gasteiger charge is -2.38. The summed E-state index contributed by atoms with van der Waals surface area (Å²) >= 11 is 0. The van der Waals surface area contributed by atoms with Gasteiger partial charge in [-0.1, -0.05) is 19.8 Å². The molecule has 2 N–H and O–H groups in total. The van der Waals surface area contributed by atoms with Crippen LogP contribution in [-0.2, 0) is 6.54 Å². The number of halogens is 2. The highest BCUT2D eigenvalue weighted by Gasteiger charge is 2.46. The van der Waals surface area contributed by atoms with Gasteiger partial charge < -0.3 is 15.2 Å². The zero-order chi connectivity index (χ0) is 28.7. The fraction of sp³-hybridized carbons (Fsp3) is 0.464.